The van der Waals surface area contributed by atoms with E-state index in [1.165, 1.54) is 38.9 Å². The fourth-order valence-electron chi connectivity index (χ4n) is 2.84. The molecule has 0 aliphatic carbocycles. The highest BCUT2D eigenvalue weighted by Gasteiger charge is 2.27. The van der Waals surface area contributed by atoms with E-state index < -0.39 is 0 Å². The lowest BCUT2D eigenvalue weighted by molar-refractivity contribution is -0.0868. The zero-order valence-corrected chi connectivity index (χ0v) is 10.8. The van der Waals surface area contributed by atoms with Crippen LogP contribution in [0.2, 0.25) is 0 Å². The van der Waals surface area contributed by atoms with Crippen molar-refractivity contribution in [1.29, 1.82) is 0 Å². The predicted molar refractivity (Wildman–Crippen MR) is 66.7 cm³/mol. The van der Waals surface area contributed by atoms with Crippen molar-refractivity contribution in [1.82, 2.24) is 10.2 Å². The van der Waals surface area contributed by atoms with Crippen molar-refractivity contribution in [2.45, 2.75) is 38.7 Å². The maximum Gasteiger partial charge on any atom is 0.0753 e. The molecule has 0 spiro atoms. The van der Waals surface area contributed by atoms with E-state index in [9.17, 15) is 0 Å². The van der Waals surface area contributed by atoms with Crippen LogP contribution in [0, 0.1) is 5.92 Å². The molecule has 16 heavy (non-hydrogen) atoms. The summed E-state index contributed by atoms with van der Waals surface area (Å²) in [7, 11) is 0. The van der Waals surface area contributed by atoms with Crippen molar-refractivity contribution >= 4 is 0 Å². The lowest BCUT2D eigenvalue weighted by atomic mass is 9.95. The van der Waals surface area contributed by atoms with Gasteiger partial charge in [0.05, 0.1) is 12.2 Å². The third kappa shape index (κ3) is 3.72. The van der Waals surface area contributed by atoms with Gasteiger partial charge in [-0.05, 0) is 58.7 Å². The molecule has 2 fully saturated rings. The number of piperidine rings is 1. The molecule has 0 saturated carbocycles. The zero-order chi connectivity index (χ0) is 11.4. The molecule has 0 bridgehead atoms. The molecule has 2 saturated heterocycles. The van der Waals surface area contributed by atoms with Gasteiger partial charge >= 0.3 is 0 Å². The number of rotatable bonds is 3. The summed E-state index contributed by atoms with van der Waals surface area (Å²) in [4.78, 5) is 2.57. The Bertz CT molecular complexity index is 212. The minimum absolute atomic E-state index is 0.0586. The van der Waals surface area contributed by atoms with E-state index in [2.05, 4.69) is 24.1 Å². The summed E-state index contributed by atoms with van der Waals surface area (Å²) >= 11 is 0. The van der Waals surface area contributed by atoms with Gasteiger partial charge in [-0.25, -0.2) is 0 Å². The zero-order valence-electron chi connectivity index (χ0n) is 10.8. The molecule has 1 atom stereocenters. The Morgan fingerprint density at radius 2 is 2.31 bits per heavy atom. The van der Waals surface area contributed by atoms with Gasteiger partial charge in [-0.15, -0.1) is 0 Å². The Kier molecular flexibility index (Phi) is 4.22. The first-order valence-electron chi connectivity index (χ1n) is 6.73. The Labute approximate surface area is 99.5 Å². The average molecular weight is 226 g/mol. The fourth-order valence-corrected chi connectivity index (χ4v) is 2.84. The average Bonchev–Trinajstić information content (AvgIpc) is 2.27. The molecule has 2 aliphatic heterocycles. The van der Waals surface area contributed by atoms with Crippen molar-refractivity contribution < 1.29 is 4.74 Å². The molecule has 3 nitrogen and oxygen atoms in total. The maximum absolute atomic E-state index is 5.73. The molecule has 0 aromatic heterocycles. The highest BCUT2D eigenvalue weighted by Crippen LogP contribution is 2.19. The van der Waals surface area contributed by atoms with Gasteiger partial charge in [-0.2, -0.15) is 0 Å². The van der Waals surface area contributed by atoms with E-state index in [-0.39, 0.29) is 5.60 Å². The van der Waals surface area contributed by atoms with Gasteiger partial charge in [-0.1, -0.05) is 0 Å². The van der Waals surface area contributed by atoms with E-state index in [1.807, 2.05) is 0 Å². The van der Waals surface area contributed by atoms with Crippen LogP contribution in [-0.2, 0) is 4.74 Å². The largest absolute Gasteiger partial charge is 0.373 e. The summed E-state index contributed by atoms with van der Waals surface area (Å²) in [6, 6.07) is 0. The van der Waals surface area contributed by atoms with E-state index in [1.54, 1.807) is 0 Å². The van der Waals surface area contributed by atoms with Crippen molar-refractivity contribution in [3.63, 3.8) is 0 Å². The Hall–Kier alpha value is -0.120. The van der Waals surface area contributed by atoms with E-state index in [0.717, 1.165) is 25.6 Å². The quantitative estimate of drug-likeness (QED) is 0.789. The number of ether oxygens (including phenoxy) is 1. The minimum Gasteiger partial charge on any atom is -0.373 e. The maximum atomic E-state index is 5.73. The van der Waals surface area contributed by atoms with Crippen LogP contribution >= 0.6 is 0 Å². The minimum atomic E-state index is 0.0586. The number of nitrogens with zero attached hydrogens (tertiary/aromatic N) is 1. The summed E-state index contributed by atoms with van der Waals surface area (Å²) in [6.07, 6.45) is 4.13. The van der Waals surface area contributed by atoms with E-state index in [4.69, 9.17) is 4.74 Å². The molecule has 1 unspecified atom stereocenters. The molecule has 1 N–H and O–H groups in total. The van der Waals surface area contributed by atoms with Crippen LogP contribution in [0.25, 0.3) is 0 Å². The Balaban J connectivity index is 1.68. The first kappa shape index (κ1) is 12.3. The van der Waals surface area contributed by atoms with Gasteiger partial charge in [0, 0.05) is 13.1 Å². The molecule has 2 heterocycles. The second kappa shape index (κ2) is 5.48. The molecule has 2 rings (SSSR count). The van der Waals surface area contributed by atoms with Gasteiger partial charge in [0.1, 0.15) is 0 Å². The molecule has 3 heteroatoms. The third-order valence-electron chi connectivity index (χ3n) is 3.76. The number of hydrogen-bond donors (Lipinski definition) is 1. The van der Waals surface area contributed by atoms with E-state index in [0.29, 0.717) is 0 Å². The van der Waals surface area contributed by atoms with Crippen LogP contribution in [0.5, 0.6) is 0 Å². The number of nitrogens with one attached hydrogen (secondary N) is 1. The molecular weight excluding hydrogens is 200 g/mol. The molecule has 0 aromatic carbocycles. The summed E-state index contributed by atoms with van der Waals surface area (Å²) < 4.78 is 5.73. The second-order valence-electron chi connectivity index (χ2n) is 5.89. The Morgan fingerprint density at radius 1 is 1.44 bits per heavy atom. The molecule has 2 aliphatic rings. The van der Waals surface area contributed by atoms with Crippen LogP contribution in [0.1, 0.15) is 33.1 Å². The molecule has 0 amide bonds. The molecule has 0 aromatic rings. The molecule has 0 radical (unpaired) electrons. The van der Waals surface area contributed by atoms with Crippen molar-refractivity contribution in [3.05, 3.63) is 0 Å². The summed E-state index contributed by atoms with van der Waals surface area (Å²) in [6.45, 7) is 11.2. The molecule has 94 valence electrons. The van der Waals surface area contributed by atoms with Crippen molar-refractivity contribution in [3.8, 4) is 0 Å². The van der Waals surface area contributed by atoms with Gasteiger partial charge < -0.3 is 10.1 Å². The topological polar surface area (TPSA) is 24.5 Å². The summed E-state index contributed by atoms with van der Waals surface area (Å²) in [5, 5.41) is 3.50. The standard InChI is InChI=1S/C13H26N2O/c1-13(2)11-15(8-9-16-13)7-5-12-4-3-6-14-10-12/h12,14H,3-11H2,1-2H3. The van der Waals surface area contributed by atoms with Crippen LogP contribution in [0.3, 0.4) is 0 Å². The normalized spacial score (nSPS) is 31.5. The highest BCUT2D eigenvalue weighted by atomic mass is 16.5. The SMILES string of the molecule is CC1(C)CN(CCC2CCCNC2)CCO1. The monoisotopic (exact) mass is 226 g/mol. The lowest BCUT2D eigenvalue weighted by Crippen LogP contribution is -2.48. The number of morpholine rings is 1. The third-order valence-corrected chi connectivity index (χ3v) is 3.76. The predicted octanol–water partition coefficient (Wildman–Crippen LogP) is 1.49. The van der Waals surface area contributed by atoms with Crippen LogP contribution in [-0.4, -0.2) is 49.8 Å². The van der Waals surface area contributed by atoms with Gasteiger partial charge in [-0.3, -0.25) is 4.90 Å². The summed E-state index contributed by atoms with van der Waals surface area (Å²) in [5.74, 6) is 0.903. The Morgan fingerprint density at radius 3 is 3.00 bits per heavy atom. The lowest BCUT2D eigenvalue weighted by Gasteiger charge is -2.38. The number of hydrogen-bond acceptors (Lipinski definition) is 3. The van der Waals surface area contributed by atoms with Gasteiger partial charge in [0.25, 0.3) is 0 Å². The van der Waals surface area contributed by atoms with Crippen molar-refractivity contribution in [2.75, 3.05) is 39.3 Å². The fraction of sp³-hybridized carbons (Fsp3) is 1.00. The van der Waals surface area contributed by atoms with Crippen LogP contribution < -0.4 is 5.32 Å². The van der Waals surface area contributed by atoms with Gasteiger partial charge in [0.2, 0.25) is 0 Å². The summed E-state index contributed by atoms with van der Waals surface area (Å²) in [5.41, 5.74) is 0.0586. The molecular formula is C13H26N2O. The highest BCUT2D eigenvalue weighted by molar-refractivity contribution is 4.80. The van der Waals surface area contributed by atoms with Crippen LogP contribution in [0.4, 0.5) is 0 Å². The second-order valence-corrected chi connectivity index (χ2v) is 5.89. The van der Waals surface area contributed by atoms with E-state index >= 15 is 0 Å². The van der Waals surface area contributed by atoms with Crippen molar-refractivity contribution in [2.24, 2.45) is 5.92 Å². The first-order valence-corrected chi connectivity index (χ1v) is 6.73. The van der Waals surface area contributed by atoms with Crippen LogP contribution in [0.15, 0.2) is 0 Å². The smallest absolute Gasteiger partial charge is 0.0753 e. The first-order chi connectivity index (χ1) is 7.66. The van der Waals surface area contributed by atoms with Gasteiger partial charge in [0.15, 0.2) is 0 Å².